The topological polar surface area (TPSA) is 137 Å². The second-order valence-corrected chi connectivity index (χ2v) is 25.4. The van der Waals surface area contributed by atoms with Crippen molar-refractivity contribution in [2.75, 3.05) is 91.6 Å². The Morgan fingerprint density at radius 3 is 2.13 bits per heavy atom. The van der Waals surface area contributed by atoms with Crippen molar-refractivity contribution in [2.45, 2.75) is 73.5 Å². The number of aromatic carboxylic acids is 1. The number of likely N-dealkylation sites (tertiary alicyclic amines) is 1. The fourth-order valence-electron chi connectivity index (χ4n) is 10.6. The van der Waals surface area contributed by atoms with Gasteiger partial charge in [0.2, 0.25) is 0 Å². The van der Waals surface area contributed by atoms with Gasteiger partial charge in [-0.1, -0.05) is 54.1 Å². The SMILES string of the molecule is COC1CCN(CC[C@H](CSc2ccccc2)Nc2ccc([P@]3(=O)OCCN3c3ccc(N4CCN(c5cccc(-c6c(C(=O)O)c(C)n(C(C)C)c6-c6ccc(Cl)cc6)c5)CC4)cc3)cc2S(=O)(=O)C(F)(F)F)CC1. The quantitative estimate of drug-likeness (QED) is 0.0625. The number of nitrogens with zero attached hydrogens (tertiary/aromatic N) is 5. The predicted octanol–water partition coefficient (Wildman–Crippen LogP) is 12.1. The molecule has 2 atom stereocenters. The number of anilines is 4. The minimum absolute atomic E-state index is 0.00712. The van der Waals surface area contributed by atoms with E-state index < -0.39 is 39.8 Å². The van der Waals surface area contributed by atoms with E-state index in [1.54, 1.807) is 19.2 Å². The van der Waals surface area contributed by atoms with Crippen molar-refractivity contribution in [3.05, 3.63) is 138 Å². The number of hydrogen-bond donors (Lipinski definition) is 2. The molecule has 76 heavy (non-hydrogen) atoms. The molecule has 9 rings (SSSR count). The molecule has 0 amide bonds. The van der Waals surface area contributed by atoms with Crippen LogP contribution in [-0.4, -0.2) is 118 Å². The molecule has 3 saturated heterocycles. The number of alkyl halides is 3. The number of piperidine rings is 1. The van der Waals surface area contributed by atoms with E-state index in [1.165, 1.54) is 28.6 Å². The van der Waals surface area contributed by atoms with Gasteiger partial charge in [-0.3, -0.25) is 9.24 Å². The summed E-state index contributed by atoms with van der Waals surface area (Å²) in [5.74, 6) is -0.558. The maximum atomic E-state index is 15.0. The van der Waals surface area contributed by atoms with Gasteiger partial charge in [0.25, 0.3) is 9.84 Å². The molecule has 0 saturated carbocycles. The molecule has 0 radical (unpaired) electrons. The van der Waals surface area contributed by atoms with E-state index in [0.29, 0.717) is 66.9 Å². The zero-order chi connectivity index (χ0) is 53.9. The molecule has 3 fully saturated rings. The zero-order valence-electron chi connectivity index (χ0n) is 42.9. The Balaban J connectivity index is 0.921. The summed E-state index contributed by atoms with van der Waals surface area (Å²) in [6.45, 7) is 11.0. The molecule has 4 heterocycles. The van der Waals surface area contributed by atoms with Gasteiger partial charge in [-0.2, -0.15) is 13.2 Å². The Labute approximate surface area is 452 Å². The lowest BCUT2D eigenvalue weighted by molar-refractivity contribution is -0.0435. The van der Waals surface area contributed by atoms with Crippen LogP contribution in [0.25, 0.3) is 22.4 Å². The second kappa shape index (κ2) is 23.2. The average Bonchev–Trinajstić information content (AvgIpc) is 3.97. The van der Waals surface area contributed by atoms with Gasteiger partial charge >= 0.3 is 19.0 Å². The molecule has 1 aromatic heterocycles. The lowest BCUT2D eigenvalue weighted by atomic mass is 9.96. The number of aromatic nitrogens is 1. The van der Waals surface area contributed by atoms with Gasteiger partial charge in [0.15, 0.2) is 0 Å². The summed E-state index contributed by atoms with van der Waals surface area (Å²) in [7, 11) is -8.34. The Bertz CT molecular complexity index is 3170. The maximum Gasteiger partial charge on any atom is 0.501 e. The number of rotatable bonds is 18. The number of hydrogen-bond acceptors (Lipinski definition) is 11. The van der Waals surface area contributed by atoms with Crippen LogP contribution >= 0.6 is 30.9 Å². The number of carbonyl (C=O) groups is 1. The Morgan fingerprint density at radius 2 is 1.50 bits per heavy atom. The van der Waals surface area contributed by atoms with Gasteiger partial charge in [-0.25, -0.2) is 13.2 Å². The van der Waals surface area contributed by atoms with E-state index in [9.17, 15) is 31.5 Å². The first kappa shape index (κ1) is 55.3. The Hall–Kier alpha value is -5.46. The van der Waals surface area contributed by atoms with Gasteiger partial charge < -0.3 is 39.0 Å². The van der Waals surface area contributed by atoms with E-state index in [0.717, 1.165) is 65.1 Å². The Kier molecular flexibility index (Phi) is 16.9. The fourth-order valence-corrected chi connectivity index (χ4v) is 15.0. The van der Waals surface area contributed by atoms with E-state index in [-0.39, 0.29) is 41.9 Å². The molecule has 3 aliphatic heterocycles. The lowest BCUT2D eigenvalue weighted by Gasteiger charge is -2.37. The molecule has 2 N–H and O–H groups in total. The second-order valence-electron chi connectivity index (χ2n) is 19.6. The zero-order valence-corrected chi connectivity index (χ0v) is 46.2. The number of nitrogens with one attached hydrogen (secondary N) is 1. The number of benzene rings is 5. The third kappa shape index (κ3) is 11.7. The fraction of sp³-hybridized carbons (Fsp3) is 0.375. The van der Waals surface area contributed by atoms with Crippen LogP contribution < -0.4 is 25.1 Å². The van der Waals surface area contributed by atoms with Crippen LogP contribution in [0.5, 0.6) is 0 Å². The minimum atomic E-state index is -5.93. The smallest absolute Gasteiger partial charge is 0.478 e. The van der Waals surface area contributed by atoms with Gasteiger partial charge in [-0.05, 0) is 130 Å². The summed E-state index contributed by atoms with van der Waals surface area (Å²) in [5, 5.41) is 14.2. The minimum Gasteiger partial charge on any atom is -0.478 e. The van der Waals surface area contributed by atoms with Crippen molar-refractivity contribution in [1.29, 1.82) is 0 Å². The highest BCUT2D eigenvalue weighted by Gasteiger charge is 2.49. The summed E-state index contributed by atoms with van der Waals surface area (Å²) in [6, 6.07) is 35.6. The van der Waals surface area contributed by atoms with Crippen LogP contribution in [0.2, 0.25) is 5.02 Å². The third-order valence-corrected chi connectivity index (χ3v) is 20.1. The van der Waals surface area contributed by atoms with Crippen LogP contribution in [0, 0.1) is 6.92 Å². The highest BCUT2D eigenvalue weighted by molar-refractivity contribution is 7.99. The summed E-state index contributed by atoms with van der Waals surface area (Å²) in [6.07, 6.45) is 2.44. The van der Waals surface area contributed by atoms with E-state index >= 15 is 4.57 Å². The number of piperazine rings is 1. The van der Waals surface area contributed by atoms with Crippen LogP contribution in [0.4, 0.5) is 35.9 Å². The monoisotopic (exact) mass is 1120 g/mol. The van der Waals surface area contributed by atoms with Crippen molar-refractivity contribution < 1.29 is 45.3 Å². The van der Waals surface area contributed by atoms with E-state index in [4.69, 9.17) is 20.9 Å². The number of sulfone groups is 1. The third-order valence-electron chi connectivity index (χ3n) is 14.6. The molecule has 6 aromatic rings. The van der Waals surface area contributed by atoms with Crippen LogP contribution in [0.15, 0.2) is 131 Å². The first-order valence-corrected chi connectivity index (χ1v) is 29.9. The molecule has 404 valence electrons. The first-order valence-electron chi connectivity index (χ1n) is 25.5. The van der Waals surface area contributed by atoms with Gasteiger partial charge in [0.1, 0.15) is 4.90 Å². The lowest BCUT2D eigenvalue weighted by Crippen LogP contribution is -2.46. The summed E-state index contributed by atoms with van der Waals surface area (Å²) in [5.41, 5.74) is 0.547. The summed E-state index contributed by atoms with van der Waals surface area (Å²) < 4.78 is 101. The highest BCUT2D eigenvalue weighted by atomic mass is 35.5. The largest absolute Gasteiger partial charge is 0.501 e. The number of carboxylic acids is 1. The predicted molar refractivity (Wildman–Crippen MR) is 299 cm³/mol. The average molecular weight is 1120 g/mol. The molecule has 20 heteroatoms. The summed E-state index contributed by atoms with van der Waals surface area (Å²) in [4.78, 5) is 19.7. The van der Waals surface area contributed by atoms with E-state index in [1.807, 2.05) is 106 Å². The maximum absolute atomic E-state index is 15.0. The number of methoxy groups -OCH3 is 1. The molecule has 3 aliphatic rings. The van der Waals surface area contributed by atoms with Crippen LogP contribution in [0.3, 0.4) is 0 Å². The van der Waals surface area contributed by atoms with Crippen molar-refractivity contribution in [2.24, 2.45) is 0 Å². The number of ether oxygens (including phenoxy) is 1. The molecule has 5 aromatic carbocycles. The Morgan fingerprint density at radius 1 is 0.842 bits per heavy atom. The molecule has 0 spiro atoms. The molecule has 0 aliphatic carbocycles. The highest BCUT2D eigenvalue weighted by Crippen LogP contribution is 2.56. The van der Waals surface area contributed by atoms with Crippen molar-refractivity contribution in [3.63, 3.8) is 0 Å². The normalized spacial score (nSPS) is 18.4. The summed E-state index contributed by atoms with van der Waals surface area (Å²) >= 11 is 7.80. The van der Waals surface area contributed by atoms with Gasteiger partial charge in [0.05, 0.1) is 41.5 Å². The molecule has 0 bridgehead atoms. The number of carboxylic acid groups (broad SMARTS) is 1. The number of halogens is 4. The molecule has 0 unspecified atom stereocenters. The number of thioether (sulfide) groups is 1. The molecule has 13 nitrogen and oxygen atoms in total. The van der Waals surface area contributed by atoms with E-state index in [2.05, 4.69) is 30.6 Å². The molecular weight excluding hydrogens is 1060 g/mol. The first-order chi connectivity index (χ1) is 36.4. The van der Waals surface area contributed by atoms with Crippen molar-refractivity contribution in [1.82, 2.24) is 9.47 Å². The van der Waals surface area contributed by atoms with Crippen LogP contribution in [0.1, 0.15) is 55.2 Å². The standard InChI is InChI=1S/C56H63ClF3N6O7PS2/c1-38(2)66-39(3)52(55(67)68)53(54(66)40-13-15-42(57)16-14-40)41-9-8-10-46(35-41)64-31-29-63(30-32-64)44-17-19-45(20-18-44)65-33-34-73-74(65,69)48-21-22-50(51(36-48)76(70,71)56(58,59)60)61-43(37-75-49-11-6-5-7-12-49)23-26-62-27-24-47(72-4)25-28-62/h5-22,35-36,38,43,47,61H,23-34,37H2,1-4H3,(H,67,68)/t43-,74+/m1/s1. The van der Waals surface area contributed by atoms with Crippen molar-refractivity contribution >= 4 is 74.7 Å². The van der Waals surface area contributed by atoms with Crippen LogP contribution in [-0.2, 0) is 23.7 Å². The molecular formula is C56H63ClF3N6O7PS2. The van der Waals surface area contributed by atoms with Crippen molar-refractivity contribution in [3.8, 4) is 22.4 Å². The van der Waals surface area contributed by atoms with Gasteiger partial charge in [-0.15, -0.1) is 11.8 Å². The van der Waals surface area contributed by atoms with Gasteiger partial charge in [0, 0.05) is 109 Å².